The number of halogens is 4. The summed E-state index contributed by atoms with van der Waals surface area (Å²) in [5.74, 6) is -1.72. The monoisotopic (exact) mass is 338 g/mol. The quantitative estimate of drug-likeness (QED) is 0.793. The smallest absolute Gasteiger partial charge is 0.340 e. The van der Waals surface area contributed by atoms with Crippen LogP contribution in [0, 0.1) is 11.6 Å². The number of hydrogen-bond acceptors (Lipinski definition) is 3. The molecule has 0 aromatic heterocycles. The van der Waals surface area contributed by atoms with Crippen molar-refractivity contribution >= 4 is 33.3 Å². The van der Waals surface area contributed by atoms with E-state index in [1.165, 1.54) is 0 Å². The van der Waals surface area contributed by atoms with Crippen LogP contribution in [0.5, 0.6) is 5.75 Å². The zero-order valence-corrected chi connectivity index (χ0v) is 11.9. The van der Waals surface area contributed by atoms with E-state index in [0.717, 1.165) is 36.4 Å². The van der Waals surface area contributed by atoms with Crippen LogP contribution in [0.2, 0.25) is 10.0 Å². The standard InChI is InChI=1S/C12H6Cl2F2O3S/c13-9-3-1-8(16)6-12(9)20(17,18)19-11-4-2-7(15)5-10(11)14/h1-6H. The highest BCUT2D eigenvalue weighted by atomic mass is 35.5. The minimum atomic E-state index is -4.38. The van der Waals surface area contributed by atoms with Gasteiger partial charge in [0.05, 0.1) is 10.0 Å². The van der Waals surface area contributed by atoms with E-state index >= 15 is 0 Å². The molecular weight excluding hydrogens is 333 g/mol. The molecule has 0 atom stereocenters. The van der Waals surface area contributed by atoms with E-state index in [0.29, 0.717) is 0 Å². The maximum Gasteiger partial charge on any atom is 0.340 e. The third-order valence-corrected chi connectivity index (χ3v) is 4.27. The summed E-state index contributed by atoms with van der Waals surface area (Å²) in [6.07, 6.45) is 0. The normalized spacial score (nSPS) is 11.4. The predicted octanol–water partition coefficient (Wildman–Crippen LogP) is 4.04. The van der Waals surface area contributed by atoms with E-state index in [1.807, 2.05) is 0 Å². The second-order valence-corrected chi connectivity index (χ2v) is 6.02. The van der Waals surface area contributed by atoms with E-state index in [4.69, 9.17) is 27.4 Å². The van der Waals surface area contributed by atoms with Crippen molar-refractivity contribution in [1.29, 1.82) is 0 Å². The zero-order valence-electron chi connectivity index (χ0n) is 9.61. The summed E-state index contributed by atoms with van der Waals surface area (Å²) in [4.78, 5) is -0.542. The van der Waals surface area contributed by atoms with Crippen LogP contribution < -0.4 is 4.18 Å². The largest absolute Gasteiger partial charge is 0.377 e. The minimum Gasteiger partial charge on any atom is -0.377 e. The molecule has 0 aliphatic rings. The molecule has 0 saturated carbocycles. The number of benzene rings is 2. The van der Waals surface area contributed by atoms with E-state index in [1.54, 1.807) is 0 Å². The first-order valence-electron chi connectivity index (χ1n) is 5.14. The van der Waals surface area contributed by atoms with Gasteiger partial charge < -0.3 is 4.18 Å². The van der Waals surface area contributed by atoms with Gasteiger partial charge in [0.1, 0.15) is 16.5 Å². The molecule has 0 fully saturated rings. The fraction of sp³-hybridized carbons (Fsp3) is 0. The molecule has 2 rings (SSSR count). The van der Waals surface area contributed by atoms with Gasteiger partial charge in [-0.3, -0.25) is 0 Å². The Morgan fingerprint density at radius 1 is 0.900 bits per heavy atom. The third kappa shape index (κ3) is 3.20. The molecule has 0 radical (unpaired) electrons. The van der Waals surface area contributed by atoms with Crippen LogP contribution in [0.15, 0.2) is 41.3 Å². The van der Waals surface area contributed by atoms with Gasteiger partial charge in [-0.2, -0.15) is 8.42 Å². The molecular formula is C12H6Cl2F2O3S. The maximum absolute atomic E-state index is 13.1. The second-order valence-electron chi connectivity index (χ2n) is 3.69. The SMILES string of the molecule is O=S(=O)(Oc1ccc(F)cc1Cl)c1cc(F)ccc1Cl. The highest BCUT2D eigenvalue weighted by molar-refractivity contribution is 7.87. The first-order chi connectivity index (χ1) is 9.29. The van der Waals surface area contributed by atoms with Gasteiger partial charge in [-0.25, -0.2) is 8.78 Å². The van der Waals surface area contributed by atoms with E-state index in [2.05, 4.69) is 0 Å². The lowest BCUT2D eigenvalue weighted by molar-refractivity contribution is 0.484. The van der Waals surface area contributed by atoms with Crippen LogP contribution in [0.1, 0.15) is 0 Å². The van der Waals surface area contributed by atoms with E-state index in [9.17, 15) is 17.2 Å². The lowest BCUT2D eigenvalue weighted by atomic mass is 10.3. The molecule has 20 heavy (non-hydrogen) atoms. The Labute approximate surface area is 123 Å². The first kappa shape index (κ1) is 15.0. The van der Waals surface area contributed by atoms with Gasteiger partial charge >= 0.3 is 10.1 Å². The van der Waals surface area contributed by atoms with Gasteiger partial charge in [-0.05, 0) is 36.4 Å². The molecule has 8 heteroatoms. The average Bonchev–Trinajstić information content (AvgIpc) is 2.35. The van der Waals surface area contributed by atoms with Crippen molar-refractivity contribution in [2.75, 3.05) is 0 Å². The summed E-state index contributed by atoms with van der Waals surface area (Å²) in [7, 11) is -4.38. The Balaban J connectivity index is 2.43. The Bertz CT molecular complexity index is 763. The van der Waals surface area contributed by atoms with Crippen molar-refractivity contribution < 1.29 is 21.4 Å². The van der Waals surface area contributed by atoms with Crippen molar-refractivity contribution in [2.45, 2.75) is 4.90 Å². The minimum absolute atomic E-state index is 0.204. The first-order valence-corrected chi connectivity index (χ1v) is 7.30. The summed E-state index contributed by atoms with van der Waals surface area (Å²) < 4.78 is 54.7. The van der Waals surface area contributed by atoms with E-state index < -0.39 is 26.6 Å². The molecule has 0 amide bonds. The molecule has 0 heterocycles. The second kappa shape index (κ2) is 5.55. The summed E-state index contributed by atoms with van der Waals surface area (Å²) in [5.41, 5.74) is 0. The summed E-state index contributed by atoms with van der Waals surface area (Å²) in [6, 6.07) is 5.71. The Morgan fingerprint density at radius 3 is 2.15 bits per heavy atom. The fourth-order valence-corrected chi connectivity index (χ4v) is 3.06. The van der Waals surface area contributed by atoms with Crippen LogP contribution in [0.25, 0.3) is 0 Å². The van der Waals surface area contributed by atoms with Gasteiger partial charge in [0, 0.05) is 0 Å². The Kier molecular flexibility index (Phi) is 4.17. The molecule has 106 valence electrons. The van der Waals surface area contributed by atoms with Gasteiger partial charge in [-0.1, -0.05) is 23.2 Å². The molecule has 2 aromatic carbocycles. The Hall–Kier alpha value is -1.37. The van der Waals surface area contributed by atoms with Crippen molar-refractivity contribution in [1.82, 2.24) is 0 Å². The van der Waals surface area contributed by atoms with Crippen molar-refractivity contribution in [3.05, 3.63) is 58.1 Å². The molecule has 0 N–H and O–H groups in total. The zero-order chi connectivity index (χ0) is 14.9. The molecule has 0 bridgehead atoms. The summed E-state index contributed by atoms with van der Waals surface area (Å²) in [5, 5.41) is -0.439. The highest BCUT2D eigenvalue weighted by Gasteiger charge is 2.22. The van der Waals surface area contributed by atoms with Crippen LogP contribution in [-0.4, -0.2) is 8.42 Å². The van der Waals surface area contributed by atoms with Gasteiger partial charge in [0.2, 0.25) is 0 Å². The fourth-order valence-electron chi connectivity index (χ4n) is 1.37. The molecule has 3 nitrogen and oxygen atoms in total. The van der Waals surface area contributed by atoms with Gasteiger partial charge in [0.15, 0.2) is 5.75 Å². The van der Waals surface area contributed by atoms with Crippen molar-refractivity contribution in [3.63, 3.8) is 0 Å². The predicted molar refractivity (Wildman–Crippen MR) is 70.6 cm³/mol. The topological polar surface area (TPSA) is 43.4 Å². The molecule has 0 aliphatic heterocycles. The third-order valence-electron chi connectivity index (χ3n) is 2.26. The molecule has 0 aliphatic carbocycles. The average molecular weight is 339 g/mol. The lowest BCUT2D eigenvalue weighted by Gasteiger charge is -2.09. The van der Waals surface area contributed by atoms with Crippen molar-refractivity contribution in [3.8, 4) is 5.75 Å². The molecule has 0 saturated heterocycles. The molecule has 0 spiro atoms. The summed E-state index contributed by atoms with van der Waals surface area (Å²) >= 11 is 11.4. The molecule has 2 aromatic rings. The van der Waals surface area contributed by atoms with Crippen molar-refractivity contribution in [2.24, 2.45) is 0 Å². The van der Waals surface area contributed by atoms with E-state index in [-0.39, 0.29) is 15.8 Å². The maximum atomic E-state index is 13.1. The Morgan fingerprint density at radius 2 is 1.50 bits per heavy atom. The van der Waals surface area contributed by atoms with Crippen LogP contribution in [-0.2, 0) is 10.1 Å². The highest BCUT2D eigenvalue weighted by Crippen LogP contribution is 2.30. The van der Waals surface area contributed by atoms with Gasteiger partial charge in [-0.15, -0.1) is 0 Å². The molecule has 0 unspecified atom stereocenters. The van der Waals surface area contributed by atoms with Gasteiger partial charge in [0.25, 0.3) is 0 Å². The van der Waals surface area contributed by atoms with Crippen LogP contribution in [0.3, 0.4) is 0 Å². The van der Waals surface area contributed by atoms with Crippen LogP contribution >= 0.6 is 23.2 Å². The number of hydrogen-bond donors (Lipinski definition) is 0. The van der Waals surface area contributed by atoms with Crippen LogP contribution in [0.4, 0.5) is 8.78 Å². The number of rotatable bonds is 3. The lowest BCUT2D eigenvalue weighted by Crippen LogP contribution is -2.11. The summed E-state index contributed by atoms with van der Waals surface area (Å²) in [6.45, 7) is 0.